The summed E-state index contributed by atoms with van der Waals surface area (Å²) in [5, 5.41) is 3.46. The van der Waals surface area contributed by atoms with E-state index >= 15 is 0 Å². The summed E-state index contributed by atoms with van der Waals surface area (Å²) in [6.45, 7) is 4.86. The minimum Gasteiger partial charge on any atom is -0.306 e. The van der Waals surface area contributed by atoms with Crippen LogP contribution in [0.3, 0.4) is 0 Å². The standard InChI is InChI=1S/C15H16Cl2FNS/c1-3-6-19-14(12-8-13(16)20-15(12)17)11-5-4-10(18)7-9(11)2/h4-5,7-8,14,19H,3,6H2,1-2H3. The summed E-state index contributed by atoms with van der Waals surface area (Å²) in [5.41, 5.74) is 2.87. The lowest BCUT2D eigenvalue weighted by molar-refractivity contribution is 0.591. The third-order valence-corrected chi connectivity index (χ3v) is 4.65. The van der Waals surface area contributed by atoms with E-state index in [1.807, 2.05) is 13.0 Å². The fourth-order valence-corrected chi connectivity index (χ4v) is 3.72. The van der Waals surface area contributed by atoms with Gasteiger partial charge in [0.1, 0.15) is 5.82 Å². The summed E-state index contributed by atoms with van der Waals surface area (Å²) in [4.78, 5) is 0. The fourth-order valence-electron chi connectivity index (χ4n) is 2.19. The molecule has 0 saturated carbocycles. The zero-order valence-corrected chi connectivity index (χ0v) is 13.7. The normalized spacial score (nSPS) is 12.7. The Kier molecular flexibility index (Phi) is 5.44. The molecule has 2 aromatic rings. The van der Waals surface area contributed by atoms with Crippen molar-refractivity contribution in [2.45, 2.75) is 26.3 Å². The van der Waals surface area contributed by atoms with E-state index in [0.29, 0.717) is 8.67 Å². The maximum Gasteiger partial charge on any atom is 0.123 e. The van der Waals surface area contributed by atoms with Crippen molar-refractivity contribution in [2.75, 3.05) is 6.54 Å². The quantitative estimate of drug-likeness (QED) is 0.752. The second kappa shape index (κ2) is 6.90. The molecule has 20 heavy (non-hydrogen) atoms. The maximum atomic E-state index is 13.3. The topological polar surface area (TPSA) is 12.0 Å². The zero-order valence-electron chi connectivity index (χ0n) is 11.3. The molecule has 0 aliphatic heterocycles. The van der Waals surface area contributed by atoms with Crippen LogP contribution in [-0.4, -0.2) is 6.54 Å². The Morgan fingerprint density at radius 1 is 1.25 bits per heavy atom. The lowest BCUT2D eigenvalue weighted by atomic mass is 9.96. The molecule has 108 valence electrons. The molecule has 0 fully saturated rings. The Morgan fingerprint density at radius 2 is 2.00 bits per heavy atom. The molecule has 1 N–H and O–H groups in total. The first kappa shape index (κ1) is 15.8. The first-order valence-corrected chi connectivity index (χ1v) is 8.04. The zero-order chi connectivity index (χ0) is 14.7. The van der Waals surface area contributed by atoms with E-state index in [1.165, 1.54) is 23.5 Å². The number of nitrogens with one attached hydrogen (secondary N) is 1. The Hall–Kier alpha value is -0.610. The fraction of sp³-hybridized carbons (Fsp3) is 0.333. The molecule has 0 spiro atoms. The molecule has 0 bridgehead atoms. The molecule has 0 radical (unpaired) electrons. The molecular formula is C15H16Cl2FNS. The van der Waals surface area contributed by atoms with Gasteiger partial charge in [0.05, 0.1) is 14.7 Å². The molecule has 1 unspecified atom stereocenters. The average molecular weight is 332 g/mol. The minimum absolute atomic E-state index is 0.0631. The average Bonchev–Trinajstić information content (AvgIpc) is 2.71. The lowest BCUT2D eigenvalue weighted by Crippen LogP contribution is -2.23. The number of hydrogen-bond acceptors (Lipinski definition) is 2. The van der Waals surface area contributed by atoms with Crippen molar-refractivity contribution < 1.29 is 4.39 Å². The van der Waals surface area contributed by atoms with Gasteiger partial charge in [-0.05, 0) is 49.2 Å². The van der Waals surface area contributed by atoms with E-state index < -0.39 is 0 Å². The highest BCUT2D eigenvalue weighted by atomic mass is 35.5. The Labute approximate surface area is 132 Å². The molecule has 1 aromatic heterocycles. The van der Waals surface area contributed by atoms with Gasteiger partial charge in [-0.2, -0.15) is 0 Å². The number of hydrogen-bond donors (Lipinski definition) is 1. The minimum atomic E-state index is -0.227. The number of benzene rings is 1. The molecule has 0 saturated heterocycles. The highest BCUT2D eigenvalue weighted by molar-refractivity contribution is 7.20. The summed E-state index contributed by atoms with van der Waals surface area (Å²) in [7, 11) is 0. The van der Waals surface area contributed by atoms with E-state index in [1.54, 1.807) is 6.07 Å². The van der Waals surface area contributed by atoms with Gasteiger partial charge >= 0.3 is 0 Å². The molecule has 2 rings (SSSR count). The number of halogens is 3. The molecule has 0 aliphatic rings. The summed E-state index contributed by atoms with van der Waals surface area (Å²) in [6, 6.07) is 6.64. The van der Waals surface area contributed by atoms with E-state index in [9.17, 15) is 4.39 Å². The van der Waals surface area contributed by atoms with Crippen LogP contribution in [0.5, 0.6) is 0 Å². The molecule has 1 aromatic carbocycles. The van der Waals surface area contributed by atoms with E-state index in [0.717, 1.165) is 29.7 Å². The number of thiophene rings is 1. The third kappa shape index (κ3) is 3.53. The molecule has 1 atom stereocenters. The van der Waals surface area contributed by atoms with E-state index in [4.69, 9.17) is 23.2 Å². The number of aryl methyl sites for hydroxylation is 1. The van der Waals surface area contributed by atoms with Crippen LogP contribution in [-0.2, 0) is 0 Å². The van der Waals surface area contributed by atoms with Crippen LogP contribution in [0.25, 0.3) is 0 Å². The molecule has 1 heterocycles. The predicted octanol–water partition coefficient (Wildman–Crippen LogP) is 5.59. The lowest BCUT2D eigenvalue weighted by Gasteiger charge is -2.21. The highest BCUT2D eigenvalue weighted by Gasteiger charge is 2.20. The van der Waals surface area contributed by atoms with Gasteiger partial charge in [-0.3, -0.25) is 0 Å². The summed E-state index contributed by atoms with van der Waals surface area (Å²) in [5.74, 6) is -0.227. The highest BCUT2D eigenvalue weighted by Crippen LogP contribution is 2.38. The molecule has 1 nitrogen and oxygen atoms in total. The first-order valence-electron chi connectivity index (χ1n) is 6.47. The van der Waals surface area contributed by atoms with Gasteiger partial charge in [0.15, 0.2) is 0 Å². The molecule has 0 aliphatic carbocycles. The van der Waals surface area contributed by atoms with Crippen molar-refractivity contribution in [3.8, 4) is 0 Å². The van der Waals surface area contributed by atoms with Gasteiger partial charge in [-0.15, -0.1) is 11.3 Å². The van der Waals surface area contributed by atoms with Crippen LogP contribution in [0.4, 0.5) is 4.39 Å². The maximum absolute atomic E-state index is 13.3. The van der Waals surface area contributed by atoms with Crippen LogP contribution < -0.4 is 5.32 Å². The van der Waals surface area contributed by atoms with Gasteiger partial charge < -0.3 is 5.32 Å². The predicted molar refractivity (Wildman–Crippen MR) is 85.6 cm³/mol. The van der Waals surface area contributed by atoms with Crippen molar-refractivity contribution in [3.05, 3.63) is 55.4 Å². The van der Waals surface area contributed by atoms with E-state index in [2.05, 4.69) is 12.2 Å². The first-order chi connectivity index (χ1) is 9.52. The summed E-state index contributed by atoms with van der Waals surface area (Å²) in [6.07, 6.45) is 1.01. The third-order valence-electron chi connectivity index (χ3n) is 3.14. The smallest absolute Gasteiger partial charge is 0.123 e. The largest absolute Gasteiger partial charge is 0.306 e. The Balaban J connectivity index is 2.44. The molecule has 5 heteroatoms. The molecular weight excluding hydrogens is 316 g/mol. The Morgan fingerprint density at radius 3 is 2.55 bits per heavy atom. The van der Waals surface area contributed by atoms with Crippen LogP contribution in [0.15, 0.2) is 24.3 Å². The second-order valence-electron chi connectivity index (χ2n) is 4.67. The Bertz CT molecular complexity index is 598. The van der Waals surface area contributed by atoms with Gasteiger partial charge in [0, 0.05) is 5.56 Å². The second-order valence-corrected chi connectivity index (χ2v) is 6.95. The van der Waals surface area contributed by atoms with Crippen LogP contribution in [0.1, 0.15) is 36.1 Å². The molecule has 0 amide bonds. The summed E-state index contributed by atoms with van der Waals surface area (Å²) < 4.78 is 14.6. The van der Waals surface area contributed by atoms with Crippen molar-refractivity contribution >= 4 is 34.5 Å². The van der Waals surface area contributed by atoms with Crippen molar-refractivity contribution in [3.63, 3.8) is 0 Å². The van der Waals surface area contributed by atoms with Crippen molar-refractivity contribution in [1.82, 2.24) is 5.32 Å². The number of rotatable bonds is 5. The summed E-state index contributed by atoms with van der Waals surface area (Å²) >= 11 is 13.7. The van der Waals surface area contributed by atoms with E-state index in [-0.39, 0.29) is 11.9 Å². The van der Waals surface area contributed by atoms with Gasteiger partial charge in [-0.1, -0.05) is 36.2 Å². The van der Waals surface area contributed by atoms with Crippen LogP contribution in [0.2, 0.25) is 8.67 Å². The van der Waals surface area contributed by atoms with Gasteiger partial charge in [0.25, 0.3) is 0 Å². The van der Waals surface area contributed by atoms with Crippen LogP contribution >= 0.6 is 34.5 Å². The van der Waals surface area contributed by atoms with Crippen LogP contribution in [0, 0.1) is 12.7 Å². The monoisotopic (exact) mass is 331 g/mol. The van der Waals surface area contributed by atoms with Gasteiger partial charge in [0.2, 0.25) is 0 Å². The van der Waals surface area contributed by atoms with Crippen molar-refractivity contribution in [2.24, 2.45) is 0 Å². The van der Waals surface area contributed by atoms with Crippen molar-refractivity contribution in [1.29, 1.82) is 0 Å². The van der Waals surface area contributed by atoms with Gasteiger partial charge in [-0.25, -0.2) is 4.39 Å². The SMILES string of the molecule is CCCNC(c1ccc(F)cc1C)c1cc(Cl)sc1Cl.